The molecule has 0 atom stereocenters. The third kappa shape index (κ3) is 3.08. The predicted octanol–water partition coefficient (Wildman–Crippen LogP) is 3.75. The molecule has 0 aliphatic rings. The van der Waals surface area contributed by atoms with Crippen LogP contribution in [0.15, 0.2) is 40.9 Å². The van der Waals surface area contributed by atoms with Gasteiger partial charge in [-0.05, 0) is 52.3 Å². The van der Waals surface area contributed by atoms with E-state index in [1.54, 1.807) is 12.1 Å². The largest absolute Gasteiger partial charge is 0.465 e. The molecule has 20 heavy (non-hydrogen) atoms. The summed E-state index contributed by atoms with van der Waals surface area (Å²) in [5.41, 5.74) is 6.25. The molecule has 6 heteroatoms. The van der Waals surface area contributed by atoms with Crippen LogP contribution >= 0.6 is 15.9 Å². The number of rotatable bonds is 3. The van der Waals surface area contributed by atoms with Gasteiger partial charge in [-0.25, -0.2) is 9.18 Å². The Balaban J connectivity index is 2.37. The topological polar surface area (TPSA) is 61.5 Å². The van der Waals surface area contributed by atoms with Crippen LogP contribution in [0.3, 0.4) is 0 Å². The number of hydrogen-bond donors (Lipinski definition) is 1. The van der Waals surface area contributed by atoms with Crippen LogP contribution in [0.5, 0.6) is 11.5 Å². The van der Waals surface area contributed by atoms with E-state index in [2.05, 4.69) is 20.7 Å². The summed E-state index contributed by atoms with van der Waals surface area (Å²) in [4.78, 5) is 11.7. The highest BCUT2D eigenvalue weighted by Crippen LogP contribution is 2.30. The number of carbonyl (C=O) groups is 1. The number of anilines is 1. The third-order valence-corrected chi connectivity index (χ3v) is 3.14. The monoisotopic (exact) mass is 339 g/mol. The summed E-state index contributed by atoms with van der Waals surface area (Å²) in [5.74, 6) is -0.297. The molecule has 2 aromatic carbocycles. The van der Waals surface area contributed by atoms with Crippen molar-refractivity contribution in [2.24, 2.45) is 0 Å². The highest BCUT2D eigenvalue weighted by molar-refractivity contribution is 9.10. The lowest BCUT2D eigenvalue weighted by Crippen LogP contribution is -2.04. The fraction of sp³-hybridized carbons (Fsp3) is 0.0714. The van der Waals surface area contributed by atoms with Gasteiger partial charge in [-0.3, -0.25) is 0 Å². The first-order valence-electron chi connectivity index (χ1n) is 5.62. The molecule has 0 saturated carbocycles. The van der Waals surface area contributed by atoms with Crippen molar-refractivity contribution in [2.45, 2.75) is 0 Å². The summed E-state index contributed by atoms with van der Waals surface area (Å²) in [6.07, 6.45) is 0. The molecule has 2 N–H and O–H groups in total. The fourth-order valence-corrected chi connectivity index (χ4v) is 1.93. The molecule has 104 valence electrons. The van der Waals surface area contributed by atoms with Gasteiger partial charge in [-0.15, -0.1) is 0 Å². The van der Waals surface area contributed by atoms with Crippen LogP contribution in [0.2, 0.25) is 0 Å². The lowest BCUT2D eigenvalue weighted by Gasteiger charge is -2.11. The van der Waals surface area contributed by atoms with E-state index < -0.39 is 11.8 Å². The Morgan fingerprint density at radius 1 is 1.25 bits per heavy atom. The Morgan fingerprint density at radius 3 is 2.65 bits per heavy atom. The summed E-state index contributed by atoms with van der Waals surface area (Å²) < 4.78 is 23.7. The van der Waals surface area contributed by atoms with Gasteiger partial charge < -0.3 is 15.2 Å². The average molecular weight is 340 g/mol. The minimum atomic E-state index is -0.562. The van der Waals surface area contributed by atoms with Gasteiger partial charge in [0.2, 0.25) is 0 Å². The Bertz CT molecular complexity index is 661. The zero-order valence-electron chi connectivity index (χ0n) is 10.5. The van der Waals surface area contributed by atoms with Gasteiger partial charge in [0.05, 0.1) is 11.6 Å². The van der Waals surface area contributed by atoms with Crippen LogP contribution < -0.4 is 10.5 Å². The van der Waals surface area contributed by atoms with Crippen molar-refractivity contribution in [3.8, 4) is 11.5 Å². The van der Waals surface area contributed by atoms with E-state index in [1.807, 2.05) is 0 Å². The second-order valence-electron chi connectivity index (χ2n) is 3.93. The normalized spacial score (nSPS) is 10.2. The summed E-state index contributed by atoms with van der Waals surface area (Å²) in [6, 6.07) is 8.79. The van der Waals surface area contributed by atoms with Crippen LogP contribution in [0.4, 0.5) is 10.1 Å². The van der Waals surface area contributed by atoms with Crippen molar-refractivity contribution < 1.29 is 18.7 Å². The van der Waals surface area contributed by atoms with Gasteiger partial charge >= 0.3 is 5.97 Å². The van der Waals surface area contributed by atoms with E-state index in [0.29, 0.717) is 11.4 Å². The van der Waals surface area contributed by atoms with E-state index in [0.717, 1.165) is 0 Å². The minimum absolute atomic E-state index is 0.202. The standard InChI is InChI=1S/C14H11BrFNO3/c1-19-14(18)10-6-8(17)2-5-13(10)20-9-3-4-12(16)11(15)7-9/h2-7H,17H2,1H3. The van der Waals surface area contributed by atoms with Crippen molar-refractivity contribution in [1.82, 2.24) is 0 Å². The molecule has 0 aromatic heterocycles. The number of nitrogen functional groups attached to an aromatic ring is 1. The van der Waals surface area contributed by atoms with Crippen LogP contribution in [0.25, 0.3) is 0 Å². The van der Waals surface area contributed by atoms with Gasteiger partial charge in [0, 0.05) is 5.69 Å². The first-order chi connectivity index (χ1) is 9.51. The number of benzene rings is 2. The highest BCUT2D eigenvalue weighted by Gasteiger charge is 2.14. The number of esters is 1. The molecule has 0 fully saturated rings. The van der Waals surface area contributed by atoms with E-state index in [1.165, 1.54) is 31.4 Å². The van der Waals surface area contributed by atoms with E-state index in [4.69, 9.17) is 10.5 Å². The zero-order valence-corrected chi connectivity index (χ0v) is 12.1. The van der Waals surface area contributed by atoms with Crippen molar-refractivity contribution in [1.29, 1.82) is 0 Å². The third-order valence-electron chi connectivity index (χ3n) is 2.53. The van der Waals surface area contributed by atoms with Gasteiger partial charge in [-0.1, -0.05) is 0 Å². The maximum absolute atomic E-state index is 13.2. The Kier molecular flexibility index (Phi) is 4.24. The van der Waals surface area contributed by atoms with Gasteiger partial charge in [0.15, 0.2) is 0 Å². The maximum atomic E-state index is 13.2. The van der Waals surface area contributed by atoms with Gasteiger partial charge in [-0.2, -0.15) is 0 Å². The molecule has 2 rings (SSSR count). The number of hydrogen-bond acceptors (Lipinski definition) is 4. The Morgan fingerprint density at radius 2 is 2.00 bits per heavy atom. The Labute approximate surface area is 123 Å². The molecule has 0 heterocycles. The Hall–Kier alpha value is -2.08. The average Bonchev–Trinajstić information content (AvgIpc) is 2.44. The van der Waals surface area contributed by atoms with Crippen LogP contribution in [-0.2, 0) is 4.74 Å². The van der Waals surface area contributed by atoms with Crippen molar-refractivity contribution in [3.05, 3.63) is 52.3 Å². The molecule has 0 spiro atoms. The molecule has 0 amide bonds. The van der Waals surface area contributed by atoms with E-state index >= 15 is 0 Å². The second-order valence-corrected chi connectivity index (χ2v) is 4.78. The van der Waals surface area contributed by atoms with Crippen LogP contribution in [0, 0.1) is 5.82 Å². The lowest BCUT2D eigenvalue weighted by atomic mass is 10.2. The maximum Gasteiger partial charge on any atom is 0.341 e. The second kappa shape index (κ2) is 5.92. The molecule has 0 bridgehead atoms. The molecule has 4 nitrogen and oxygen atoms in total. The minimum Gasteiger partial charge on any atom is -0.465 e. The molecule has 0 aliphatic carbocycles. The molecule has 0 radical (unpaired) electrons. The molecule has 0 saturated heterocycles. The summed E-state index contributed by atoms with van der Waals surface area (Å²) in [6.45, 7) is 0. The summed E-state index contributed by atoms with van der Waals surface area (Å²) >= 11 is 3.07. The fourth-order valence-electron chi connectivity index (χ4n) is 1.57. The molecule has 2 aromatic rings. The summed E-state index contributed by atoms with van der Waals surface area (Å²) in [7, 11) is 1.27. The van der Waals surface area contributed by atoms with E-state index in [9.17, 15) is 9.18 Å². The lowest BCUT2D eigenvalue weighted by molar-refractivity contribution is 0.0598. The number of methoxy groups -OCH3 is 1. The number of nitrogens with two attached hydrogens (primary N) is 1. The van der Waals surface area contributed by atoms with Crippen molar-refractivity contribution in [3.63, 3.8) is 0 Å². The number of carbonyl (C=O) groups excluding carboxylic acids is 1. The quantitative estimate of drug-likeness (QED) is 0.683. The molecular formula is C14H11BrFNO3. The smallest absolute Gasteiger partial charge is 0.341 e. The van der Waals surface area contributed by atoms with Gasteiger partial charge in [0.1, 0.15) is 22.9 Å². The first-order valence-corrected chi connectivity index (χ1v) is 6.41. The summed E-state index contributed by atoms with van der Waals surface area (Å²) in [5, 5.41) is 0. The van der Waals surface area contributed by atoms with Crippen molar-refractivity contribution >= 4 is 27.6 Å². The highest BCUT2D eigenvalue weighted by atomic mass is 79.9. The first kappa shape index (κ1) is 14.3. The van der Waals surface area contributed by atoms with Gasteiger partial charge in [0.25, 0.3) is 0 Å². The van der Waals surface area contributed by atoms with E-state index in [-0.39, 0.29) is 15.8 Å². The number of ether oxygens (including phenoxy) is 2. The molecule has 0 unspecified atom stereocenters. The predicted molar refractivity (Wildman–Crippen MR) is 76.4 cm³/mol. The number of halogens is 2. The van der Waals surface area contributed by atoms with Crippen LogP contribution in [0.1, 0.15) is 10.4 Å². The SMILES string of the molecule is COC(=O)c1cc(N)ccc1Oc1ccc(F)c(Br)c1. The van der Waals surface area contributed by atoms with Crippen molar-refractivity contribution in [2.75, 3.05) is 12.8 Å². The molecular weight excluding hydrogens is 329 g/mol. The molecule has 0 aliphatic heterocycles. The van der Waals surface area contributed by atoms with Crippen LogP contribution in [-0.4, -0.2) is 13.1 Å². The zero-order chi connectivity index (χ0) is 14.7.